The van der Waals surface area contributed by atoms with Gasteiger partial charge in [0, 0.05) is 17.4 Å². The topological polar surface area (TPSA) is 104 Å². The number of carboxylic acids is 2. The fourth-order valence-corrected chi connectivity index (χ4v) is 4.26. The Morgan fingerprint density at radius 3 is 1.54 bits per heavy atom. The smallest absolute Gasteiger partial charge is 0.335 e. The van der Waals surface area contributed by atoms with Crippen molar-refractivity contribution in [3.63, 3.8) is 0 Å². The summed E-state index contributed by atoms with van der Waals surface area (Å²) in [4.78, 5) is 35.5. The molecule has 1 amide bonds. The van der Waals surface area contributed by atoms with E-state index in [1.54, 1.807) is 48.5 Å². The van der Waals surface area contributed by atoms with Gasteiger partial charge >= 0.3 is 11.9 Å². The van der Waals surface area contributed by atoms with Crippen LogP contribution in [-0.4, -0.2) is 39.9 Å². The molecule has 0 aliphatic heterocycles. The molecule has 0 saturated heterocycles. The molecule has 0 saturated carbocycles. The summed E-state index contributed by atoms with van der Waals surface area (Å²) in [7, 11) is 0. The van der Waals surface area contributed by atoms with Gasteiger partial charge in [-0.25, -0.2) is 9.59 Å². The van der Waals surface area contributed by atoms with Gasteiger partial charge in [0.05, 0.1) is 11.1 Å². The Hall–Kier alpha value is -4.23. The monoisotopic (exact) mass is 557 g/mol. The predicted octanol–water partition coefficient (Wildman–Crippen LogP) is 6.60. The molecular formula is C30H24BrNO5. The molecule has 186 valence electrons. The van der Waals surface area contributed by atoms with Gasteiger partial charge in [-0.3, -0.25) is 4.79 Å². The summed E-state index contributed by atoms with van der Waals surface area (Å²) < 4.78 is 0. The molecule has 4 rings (SSSR count). The first-order valence-corrected chi connectivity index (χ1v) is 12.8. The molecule has 0 unspecified atom stereocenters. The number of amides is 1. The van der Waals surface area contributed by atoms with E-state index >= 15 is 0 Å². The van der Waals surface area contributed by atoms with E-state index in [-0.39, 0.29) is 17.0 Å². The molecule has 3 N–H and O–H groups in total. The molecule has 0 heterocycles. The fraction of sp³-hybridized carbons (Fsp3) is 0.100. The standard InChI is InChI=1S/C30H24BrNO5/c31-16-1-17-32-28(33)27-18-25(21-6-12-24(13-7-21)30(36)37)14-15-26(27)22-8-2-19(3-9-22)20-4-10-23(11-5-20)29(34)35/h2-15,18H,1,16-17H2,(H,32,33)(H,34,35)(H,36,37). The number of carboxylic acid groups (broad SMARTS) is 2. The summed E-state index contributed by atoms with van der Waals surface area (Å²) in [5, 5.41) is 22.0. The van der Waals surface area contributed by atoms with Crippen molar-refractivity contribution >= 4 is 33.8 Å². The van der Waals surface area contributed by atoms with E-state index in [0.717, 1.165) is 45.1 Å². The van der Waals surface area contributed by atoms with Crippen LogP contribution in [0.3, 0.4) is 0 Å². The van der Waals surface area contributed by atoms with Gasteiger partial charge in [0.15, 0.2) is 0 Å². The maximum atomic E-state index is 13.2. The third kappa shape index (κ3) is 6.13. The highest BCUT2D eigenvalue weighted by Crippen LogP contribution is 2.31. The van der Waals surface area contributed by atoms with Crippen molar-refractivity contribution in [2.24, 2.45) is 0 Å². The van der Waals surface area contributed by atoms with Gasteiger partial charge < -0.3 is 15.5 Å². The molecule has 0 aliphatic rings. The molecule has 6 nitrogen and oxygen atoms in total. The average Bonchev–Trinajstić information content (AvgIpc) is 2.93. The quantitative estimate of drug-likeness (QED) is 0.159. The summed E-state index contributed by atoms with van der Waals surface area (Å²) >= 11 is 3.38. The summed E-state index contributed by atoms with van der Waals surface area (Å²) in [6.45, 7) is 0.534. The van der Waals surface area contributed by atoms with Crippen LogP contribution in [0.5, 0.6) is 0 Å². The number of hydrogen-bond acceptors (Lipinski definition) is 3. The van der Waals surface area contributed by atoms with Gasteiger partial charge in [-0.1, -0.05) is 76.6 Å². The number of rotatable bonds is 9. The van der Waals surface area contributed by atoms with Crippen molar-refractivity contribution in [3.8, 4) is 33.4 Å². The molecule has 0 radical (unpaired) electrons. The number of carbonyl (C=O) groups excluding carboxylic acids is 1. The minimum atomic E-state index is -0.991. The zero-order valence-corrected chi connectivity index (χ0v) is 21.4. The Morgan fingerprint density at radius 1 is 0.622 bits per heavy atom. The number of nitrogens with one attached hydrogen (secondary N) is 1. The van der Waals surface area contributed by atoms with Crippen LogP contribution in [-0.2, 0) is 0 Å². The van der Waals surface area contributed by atoms with Gasteiger partial charge in [0.25, 0.3) is 5.91 Å². The minimum absolute atomic E-state index is 0.187. The molecule has 0 aliphatic carbocycles. The molecular weight excluding hydrogens is 534 g/mol. The zero-order valence-electron chi connectivity index (χ0n) is 19.8. The second kappa shape index (κ2) is 11.7. The Bertz CT molecular complexity index is 1430. The van der Waals surface area contributed by atoms with E-state index in [2.05, 4.69) is 21.2 Å². The average molecular weight is 558 g/mol. The number of aromatic carboxylic acids is 2. The number of alkyl halides is 1. The molecule has 0 atom stereocenters. The van der Waals surface area contributed by atoms with Crippen molar-refractivity contribution in [2.75, 3.05) is 11.9 Å². The molecule has 7 heteroatoms. The highest BCUT2D eigenvalue weighted by molar-refractivity contribution is 9.09. The van der Waals surface area contributed by atoms with E-state index in [0.29, 0.717) is 12.1 Å². The number of benzene rings is 4. The normalized spacial score (nSPS) is 10.6. The highest BCUT2D eigenvalue weighted by Gasteiger charge is 2.15. The molecule has 4 aromatic rings. The Labute approximate surface area is 222 Å². The van der Waals surface area contributed by atoms with Crippen LogP contribution in [0.25, 0.3) is 33.4 Å². The van der Waals surface area contributed by atoms with Crippen LogP contribution in [0.1, 0.15) is 37.5 Å². The Kier molecular flexibility index (Phi) is 8.15. The second-order valence-electron chi connectivity index (χ2n) is 8.40. The minimum Gasteiger partial charge on any atom is -0.478 e. The van der Waals surface area contributed by atoms with Gasteiger partial charge in [-0.05, 0) is 70.1 Å². The summed E-state index contributed by atoms with van der Waals surface area (Å²) in [6, 6.07) is 26.6. The third-order valence-corrected chi connectivity index (χ3v) is 6.55. The van der Waals surface area contributed by atoms with E-state index in [4.69, 9.17) is 5.11 Å². The maximum Gasteiger partial charge on any atom is 0.335 e. The Balaban J connectivity index is 1.68. The Morgan fingerprint density at radius 2 is 1.05 bits per heavy atom. The van der Waals surface area contributed by atoms with Gasteiger partial charge in [-0.15, -0.1) is 0 Å². The number of carbonyl (C=O) groups is 3. The number of hydrogen-bond donors (Lipinski definition) is 3. The lowest BCUT2D eigenvalue weighted by atomic mass is 9.93. The van der Waals surface area contributed by atoms with Crippen molar-refractivity contribution in [3.05, 3.63) is 108 Å². The lowest BCUT2D eigenvalue weighted by Crippen LogP contribution is -2.25. The van der Waals surface area contributed by atoms with Gasteiger partial charge in [0.1, 0.15) is 0 Å². The summed E-state index contributed by atoms with van der Waals surface area (Å²) in [6.07, 6.45) is 0.798. The SMILES string of the molecule is O=C(O)c1ccc(-c2ccc(-c3ccc(-c4ccc(C(=O)O)cc4)cc3C(=O)NCCCBr)cc2)cc1. The lowest BCUT2D eigenvalue weighted by Gasteiger charge is -2.14. The second-order valence-corrected chi connectivity index (χ2v) is 9.19. The third-order valence-electron chi connectivity index (χ3n) is 5.99. The highest BCUT2D eigenvalue weighted by atomic mass is 79.9. The molecule has 0 aromatic heterocycles. The van der Waals surface area contributed by atoms with Crippen molar-refractivity contribution in [2.45, 2.75) is 6.42 Å². The molecule has 37 heavy (non-hydrogen) atoms. The molecule has 0 bridgehead atoms. The van der Waals surface area contributed by atoms with Crippen molar-refractivity contribution < 1.29 is 24.6 Å². The zero-order chi connectivity index (χ0) is 26.4. The largest absolute Gasteiger partial charge is 0.478 e. The molecule has 0 spiro atoms. The van der Waals surface area contributed by atoms with Gasteiger partial charge in [-0.2, -0.15) is 0 Å². The van der Waals surface area contributed by atoms with E-state index < -0.39 is 11.9 Å². The van der Waals surface area contributed by atoms with Crippen molar-refractivity contribution in [1.29, 1.82) is 0 Å². The van der Waals surface area contributed by atoms with E-state index in [1.807, 2.05) is 42.5 Å². The first-order chi connectivity index (χ1) is 17.9. The van der Waals surface area contributed by atoms with Crippen LogP contribution >= 0.6 is 15.9 Å². The van der Waals surface area contributed by atoms with Crippen LogP contribution in [0.4, 0.5) is 0 Å². The van der Waals surface area contributed by atoms with Crippen LogP contribution in [0.15, 0.2) is 91.0 Å². The van der Waals surface area contributed by atoms with Crippen LogP contribution < -0.4 is 5.32 Å². The first kappa shape index (κ1) is 25.9. The summed E-state index contributed by atoms with van der Waals surface area (Å²) in [5.41, 5.74) is 6.03. The van der Waals surface area contributed by atoms with Crippen molar-refractivity contribution in [1.82, 2.24) is 5.32 Å². The maximum absolute atomic E-state index is 13.2. The van der Waals surface area contributed by atoms with Gasteiger partial charge in [0.2, 0.25) is 0 Å². The van der Waals surface area contributed by atoms with Crippen LogP contribution in [0, 0.1) is 0 Å². The molecule has 4 aromatic carbocycles. The summed E-state index contributed by atoms with van der Waals surface area (Å²) in [5.74, 6) is -2.14. The first-order valence-electron chi connectivity index (χ1n) is 11.6. The van der Waals surface area contributed by atoms with E-state index in [1.165, 1.54) is 0 Å². The number of halogens is 1. The molecule has 0 fully saturated rings. The van der Waals surface area contributed by atoms with E-state index in [9.17, 15) is 19.5 Å². The lowest BCUT2D eigenvalue weighted by molar-refractivity contribution is 0.0686. The fourth-order valence-electron chi connectivity index (χ4n) is 3.98. The predicted molar refractivity (Wildman–Crippen MR) is 147 cm³/mol. The van der Waals surface area contributed by atoms with Crippen LogP contribution in [0.2, 0.25) is 0 Å².